The summed E-state index contributed by atoms with van der Waals surface area (Å²) in [5.74, 6) is 0. The number of rotatable bonds is 14. The maximum absolute atomic E-state index is 10.5. The highest BCUT2D eigenvalue weighted by Gasteiger charge is 2.04. The minimum absolute atomic E-state index is 0.0476. The van der Waals surface area contributed by atoms with Crippen LogP contribution in [0.15, 0.2) is 0 Å². The number of hydrogen-bond acceptors (Lipinski definition) is 12. The fraction of sp³-hybridized carbons (Fsp3) is 1.00. The molecule has 0 saturated carbocycles. The molecule has 0 aliphatic carbocycles. The van der Waals surface area contributed by atoms with E-state index in [2.05, 4.69) is 16.7 Å². The third kappa shape index (κ3) is 33.2. The average molecular weight is 493 g/mol. The molecule has 0 aromatic heterocycles. The lowest BCUT2D eigenvalue weighted by atomic mass is 10.3. The first-order valence-corrected chi connectivity index (χ1v) is 15.1. The van der Waals surface area contributed by atoms with E-state index in [1.807, 2.05) is 0 Å². The maximum atomic E-state index is 10.5. The van der Waals surface area contributed by atoms with Crippen LogP contribution < -0.4 is 0 Å². The van der Waals surface area contributed by atoms with Crippen molar-refractivity contribution in [3.05, 3.63) is 0 Å². The summed E-state index contributed by atoms with van der Waals surface area (Å²) in [4.78, 5) is 0. The van der Waals surface area contributed by atoms with Crippen LogP contribution >= 0.6 is 0 Å². The van der Waals surface area contributed by atoms with Crippen LogP contribution in [0.1, 0.15) is 25.7 Å². The summed E-state index contributed by atoms with van der Waals surface area (Å²) >= 11 is 0. The monoisotopic (exact) mass is 492 g/mol. The second-order valence-electron chi connectivity index (χ2n) is 5.52. The molecule has 0 saturated heterocycles. The Bertz CT molecular complexity index is 681. The normalized spacial score (nSPS) is 13.0. The van der Waals surface area contributed by atoms with Crippen LogP contribution in [-0.2, 0) is 57.2 Å². The largest absolute Gasteiger partial charge is 0.270 e. The topological polar surface area (TPSA) is 173 Å². The molecule has 16 heteroatoms. The van der Waals surface area contributed by atoms with E-state index in [9.17, 15) is 33.7 Å². The molecule has 0 bridgehead atoms. The van der Waals surface area contributed by atoms with E-state index >= 15 is 0 Å². The van der Waals surface area contributed by atoms with Gasteiger partial charge in [0.1, 0.15) is 0 Å². The summed E-state index contributed by atoms with van der Waals surface area (Å²) in [6.07, 6.45) is 5.57. The Hall–Kier alpha value is -0.360. The molecule has 0 radical (unpaired) electrons. The highest BCUT2D eigenvalue weighted by molar-refractivity contribution is 7.86. The molecule has 0 aromatic rings. The van der Waals surface area contributed by atoms with E-state index in [-0.39, 0.29) is 26.4 Å². The van der Waals surface area contributed by atoms with Crippen molar-refractivity contribution in [2.45, 2.75) is 25.7 Å². The molecule has 0 aliphatic heterocycles. The molecule has 0 atom stereocenters. The Morgan fingerprint density at radius 1 is 0.393 bits per heavy atom. The van der Waals surface area contributed by atoms with E-state index < -0.39 is 40.5 Å². The van der Waals surface area contributed by atoms with Crippen molar-refractivity contribution in [3.8, 4) is 0 Å². The number of unbranched alkanes of at least 4 members (excludes halogenated alkanes) is 2. The van der Waals surface area contributed by atoms with Crippen molar-refractivity contribution >= 4 is 40.5 Å². The fourth-order valence-electron chi connectivity index (χ4n) is 1.25. The quantitative estimate of drug-likeness (QED) is 0.224. The van der Waals surface area contributed by atoms with Gasteiger partial charge in [-0.1, -0.05) is 0 Å². The van der Waals surface area contributed by atoms with Crippen LogP contribution in [0.25, 0.3) is 0 Å². The fourth-order valence-corrected chi connectivity index (χ4v) is 2.93. The molecule has 0 amide bonds. The minimum Gasteiger partial charge on any atom is -0.270 e. The van der Waals surface area contributed by atoms with E-state index in [0.717, 1.165) is 25.0 Å². The van der Waals surface area contributed by atoms with E-state index in [0.29, 0.717) is 25.7 Å². The van der Waals surface area contributed by atoms with Gasteiger partial charge in [-0.05, 0) is 25.7 Å². The molecule has 172 valence electrons. The predicted octanol–water partition coefficient (Wildman–Crippen LogP) is -0.562. The molecule has 0 aliphatic rings. The van der Waals surface area contributed by atoms with Gasteiger partial charge < -0.3 is 0 Å². The van der Waals surface area contributed by atoms with Gasteiger partial charge in [-0.15, -0.1) is 0 Å². The van der Waals surface area contributed by atoms with Crippen LogP contribution in [-0.4, -0.2) is 85.1 Å². The molecule has 0 rings (SSSR count). The lowest BCUT2D eigenvalue weighted by molar-refractivity contribution is 0.273. The zero-order valence-electron chi connectivity index (χ0n) is 16.2. The standard InChI is InChI=1S/2C6H14O6S2/c2*1-13(7,8)11-5-3-4-6-12-14(2,9)10/h2*3-6H2,1-2H3. The molecule has 0 unspecified atom stereocenters. The van der Waals surface area contributed by atoms with Crippen LogP contribution in [0.3, 0.4) is 0 Å². The van der Waals surface area contributed by atoms with Gasteiger partial charge in [0.15, 0.2) is 0 Å². The lowest BCUT2D eigenvalue weighted by Crippen LogP contribution is -2.07. The van der Waals surface area contributed by atoms with E-state index in [1.165, 1.54) is 0 Å². The van der Waals surface area contributed by atoms with Crippen molar-refractivity contribution in [3.63, 3.8) is 0 Å². The second-order valence-corrected chi connectivity index (χ2v) is 12.1. The molecule has 0 fully saturated rings. The van der Waals surface area contributed by atoms with Crippen molar-refractivity contribution in [2.24, 2.45) is 0 Å². The molecule has 0 spiro atoms. The van der Waals surface area contributed by atoms with Crippen LogP contribution in [0, 0.1) is 0 Å². The van der Waals surface area contributed by atoms with Crippen LogP contribution in [0.4, 0.5) is 0 Å². The Labute approximate surface area is 168 Å². The van der Waals surface area contributed by atoms with Crippen molar-refractivity contribution < 1.29 is 50.4 Å². The first-order chi connectivity index (χ1) is 12.4. The second kappa shape index (κ2) is 13.8. The first-order valence-electron chi connectivity index (χ1n) is 7.79. The zero-order chi connectivity index (χ0) is 22.5. The Balaban J connectivity index is 0. The van der Waals surface area contributed by atoms with E-state index in [1.54, 1.807) is 0 Å². The highest BCUT2D eigenvalue weighted by atomic mass is 32.2. The van der Waals surface area contributed by atoms with Gasteiger partial charge in [-0.25, -0.2) is 0 Å². The number of hydrogen-bond donors (Lipinski definition) is 0. The van der Waals surface area contributed by atoms with Crippen molar-refractivity contribution in [2.75, 3.05) is 51.5 Å². The average Bonchev–Trinajstić information content (AvgIpc) is 2.43. The van der Waals surface area contributed by atoms with Gasteiger partial charge in [0.2, 0.25) is 0 Å². The van der Waals surface area contributed by atoms with Gasteiger partial charge in [0.05, 0.1) is 51.5 Å². The van der Waals surface area contributed by atoms with Gasteiger partial charge >= 0.3 is 0 Å². The maximum Gasteiger partial charge on any atom is 0.264 e. The van der Waals surface area contributed by atoms with Gasteiger partial charge in [-0.2, -0.15) is 33.7 Å². The molecule has 0 aromatic carbocycles. The van der Waals surface area contributed by atoms with Crippen molar-refractivity contribution in [1.29, 1.82) is 0 Å². The molecule has 12 nitrogen and oxygen atoms in total. The smallest absolute Gasteiger partial charge is 0.264 e. The molecule has 28 heavy (non-hydrogen) atoms. The van der Waals surface area contributed by atoms with Crippen LogP contribution in [0.5, 0.6) is 0 Å². The molecular formula is C12H28O12S4. The Morgan fingerprint density at radius 3 is 0.643 bits per heavy atom. The lowest BCUT2D eigenvalue weighted by Gasteiger charge is -2.01. The third-order valence-corrected chi connectivity index (χ3v) is 4.65. The SMILES string of the molecule is CS(=O)(=O)OCCCCOS(C)(=O)=O.CS(=O)(=O)OCCCCOS(C)(=O)=O. The first kappa shape index (κ1) is 29.8. The van der Waals surface area contributed by atoms with Gasteiger partial charge in [0.25, 0.3) is 40.5 Å². The Kier molecular flexibility index (Phi) is 14.7. The van der Waals surface area contributed by atoms with Crippen LogP contribution in [0.2, 0.25) is 0 Å². The Morgan fingerprint density at radius 2 is 0.536 bits per heavy atom. The summed E-state index contributed by atoms with van der Waals surface area (Å²) in [6, 6.07) is 0. The summed E-state index contributed by atoms with van der Waals surface area (Å²) in [5.41, 5.74) is 0. The highest BCUT2D eigenvalue weighted by Crippen LogP contribution is 1.97. The zero-order valence-corrected chi connectivity index (χ0v) is 19.5. The van der Waals surface area contributed by atoms with Crippen molar-refractivity contribution in [1.82, 2.24) is 0 Å². The molecule has 0 N–H and O–H groups in total. The predicted molar refractivity (Wildman–Crippen MR) is 102 cm³/mol. The summed E-state index contributed by atoms with van der Waals surface area (Å²) in [5, 5.41) is 0. The third-order valence-electron chi connectivity index (χ3n) is 2.27. The van der Waals surface area contributed by atoms with E-state index in [4.69, 9.17) is 0 Å². The summed E-state index contributed by atoms with van der Waals surface area (Å²) in [6.45, 7) is 0.190. The molecule has 0 heterocycles. The molecular weight excluding hydrogens is 464 g/mol. The summed E-state index contributed by atoms with van der Waals surface area (Å²) in [7, 11) is -13.6. The van der Waals surface area contributed by atoms with Gasteiger partial charge in [0, 0.05) is 0 Å². The van der Waals surface area contributed by atoms with Gasteiger partial charge in [-0.3, -0.25) is 16.7 Å². The summed E-state index contributed by atoms with van der Waals surface area (Å²) < 4.78 is 102. The minimum atomic E-state index is -3.40.